The zero-order valence-corrected chi connectivity index (χ0v) is 13.0. The molecule has 0 atom stereocenters. The highest BCUT2D eigenvalue weighted by atomic mass is 16.1. The van der Waals surface area contributed by atoms with E-state index in [4.69, 9.17) is 0 Å². The second-order valence-corrected chi connectivity index (χ2v) is 5.65. The van der Waals surface area contributed by atoms with Gasteiger partial charge in [-0.15, -0.1) is 10.2 Å². The van der Waals surface area contributed by atoms with Gasteiger partial charge in [0.15, 0.2) is 11.6 Å². The van der Waals surface area contributed by atoms with Gasteiger partial charge in [0.05, 0.1) is 0 Å². The topological polar surface area (TPSA) is 49.3 Å². The van der Waals surface area contributed by atoms with Crippen molar-refractivity contribution in [1.29, 1.82) is 0 Å². The summed E-state index contributed by atoms with van der Waals surface area (Å²) in [7, 11) is 0. The first kappa shape index (κ1) is 14.5. The smallest absolute Gasteiger partial charge is 0.180 e. The molecule has 2 aromatic rings. The summed E-state index contributed by atoms with van der Waals surface area (Å²) in [6.45, 7) is 7.35. The summed E-state index contributed by atoms with van der Waals surface area (Å²) >= 11 is 0. The van der Waals surface area contributed by atoms with Gasteiger partial charge in [-0.1, -0.05) is 12.1 Å². The van der Waals surface area contributed by atoms with Crippen molar-refractivity contribution in [2.45, 2.75) is 13.8 Å². The van der Waals surface area contributed by atoms with Gasteiger partial charge in [0.25, 0.3) is 0 Å². The van der Waals surface area contributed by atoms with Crippen LogP contribution in [0.4, 0.5) is 11.5 Å². The summed E-state index contributed by atoms with van der Waals surface area (Å²) in [5.74, 6) is 0.789. The van der Waals surface area contributed by atoms with Crippen LogP contribution in [0.2, 0.25) is 0 Å². The number of carbonyl (C=O) groups excluding carboxylic acids is 1. The Morgan fingerprint density at radius 2 is 1.73 bits per heavy atom. The lowest BCUT2D eigenvalue weighted by Gasteiger charge is -2.36. The molecule has 0 saturated carbocycles. The molecule has 0 bridgehead atoms. The summed E-state index contributed by atoms with van der Waals surface area (Å²) in [5.41, 5.74) is 2.98. The Morgan fingerprint density at radius 3 is 2.32 bits per heavy atom. The quantitative estimate of drug-likeness (QED) is 0.814. The second kappa shape index (κ2) is 6.13. The Labute approximate surface area is 130 Å². The van der Waals surface area contributed by atoms with Crippen molar-refractivity contribution in [3.8, 4) is 0 Å². The van der Waals surface area contributed by atoms with Crippen LogP contribution in [0.25, 0.3) is 0 Å². The van der Waals surface area contributed by atoms with Gasteiger partial charge in [0.2, 0.25) is 0 Å². The van der Waals surface area contributed by atoms with E-state index < -0.39 is 0 Å². The van der Waals surface area contributed by atoms with Crippen molar-refractivity contribution >= 4 is 17.3 Å². The normalized spacial score (nSPS) is 15.0. The van der Waals surface area contributed by atoms with Crippen LogP contribution >= 0.6 is 0 Å². The lowest BCUT2D eigenvalue weighted by Crippen LogP contribution is -2.46. The molecule has 3 rings (SSSR count). The van der Waals surface area contributed by atoms with Gasteiger partial charge in [0.1, 0.15) is 5.69 Å². The largest absolute Gasteiger partial charge is 0.368 e. The molecule has 5 nitrogen and oxygen atoms in total. The second-order valence-electron chi connectivity index (χ2n) is 5.65. The van der Waals surface area contributed by atoms with E-state index in [1.54, 1.807) is 6.07 Å². The van der Waals surface area contributed by atoms with Gasteiger partial charge >= 0.3 is 0 Å². The fourth-order valence-electron chi connectivity index (χ4n) is 2.70. The molecule has 0 amide bonds. The average molecular weight is 296 g/mol. The van der Waals surface area contributed by atoms with Crippen LogP contribution in [0, 0.1) is 6.92 Å². The van der Waals surface area contributed by atoms with Gasteiger partial charge in [-0.05, 0) is 36.8 Å². The summed E-state index contributed by atoms with van der Waals surface area (Å²) in [4.78, 5) is 15.8. The van der Waals surface area contributed by atoms with Gasteiger partial charge < -0.3 is 9.80 Å². The molecule has 1 aliphatic heterocycles. The molecule has 2 heterocycles. The minimum absolute atomic E-state index is 0.0525. The van der Waals surface area contributed by atoms with Gasteiger partial charge in [0, 0.05) is 38.8 Å². The summed E-state index contributed by atoms with van der Waals surface area (Å²) in [6.07, 6.45) is 0. The van der Waals surface area contributed by atoms with E-state index in [2.05, 4.69) is 51.2 Å². The Balaban J connectivity index is 1.65. The standard InChI is InChI=1S/C17H20N4O/c1-13-4-3-5-15(12-13)20-8-10-21(11-9-20)17-7-6-16(14(2)22)18-19-17/h3-7,12H,8-11H2,1-2H3. The van der Waals surface area contributed by atoms with Crippen molar-refractivity contribution in [2.24, 2.45) is 0 Å². The van der Waals surface area contributed by atoms with E-state index in [0.717, 1.165) is 32.0 Å². The predicted octanol–water partition coefficient (Wildman–Crippen LogP) is 2.31. The number of piperazine rings is 1. The maximum Gasteiger partial charge on any atom is 0.180 e. The zero-order chi connectivity index (χ0) is 15.5. The fraction of sp³-hybridized carbons (Fsp3) is 0.353. The molecule has 5 heteroatoms. The Kier molecular flexibility index (Phi) is 4.04. The van der Waals surface area contributed by atoms with Crippen LogP contribution < -0.4 is 9.80 Å². The van der Waals surface area contributed by atoms with Gasteiger partial charge in [-0.2, -0.15) is 0 Å². The summed E-state index contributed by atoms with van der Waals surface area (Å²) in [5, 5.41) is 8.16. The van der Waals surface area contributed by atoms with E-state index in [0.29, 0.717) is 5.69 Å². The van der Waals surface area contributed by atoms with Gasteiger partial charge in [-0.3, -0.25) is 4.79 Å². The lowest BCUT2D eigenvalue weighted by molar-refractivity contribution is 0.101. The molecule has 0 spiro atoms. The Hall–Kier alpha value is -2.43. The van der Waals surface area contributed by atoms with Gasteiger partial charge in [-0.25, -0.2) is 0 Å². The number of aromatic nitrogens is 2. The van der Waals surface area contributed by atoms with Crippen molar-refractivity contribution in [1.82, 2.24) is 10.2 Å². The predicted molar refractivity (Wildman–Crippen MR) is 87.6 cm³/mol. The summed E-state index contributed by atoms with van der Waals surface area (Å²) in [6, 6.07) is 12.2. The van der Waals surface area contributed by atoms with Crippen LogP contribution in [0.1, 0.15) is 23.0 Å². The number of benzene rings is 1. The molecule has 0 radical (unpaired) electrons. The molecule has 1 aliphatic rings. The van der Waals surface area contributed by atoms with Crippen LogP contribution in [0.3, 0.4) is 0 Å². The number of ketones is 1. The number of hydrogen-bond donors (Lipinski definition) is 0. The highest BCUT2D eigenvalue weighted by molar-refractivity contribution is 5.91. The first-order valence-corrected chi connectivity index (χ1v) is 7.55. The number of rotatable bonds is 3. The number of Topliss-reactive ketones (excluding diaryl/α,β-unsaturated/α-hetero) is 1. The van der Waals surface area contributed by atoms with E-state index in [1.807, 2.05) is 6.07 Å². The van der Waals surface area contributed by atoms with Crippen molar-refractivity contribution in [2.75, 3.05) is 36.0 Å². The molecule has 1 fully saturated rings. The number of carbonyl (C=O) groups is 1. The number of aryl methyl sites for hydroxylation is 1. The molecule has 1 saturated heterocycles. The van der Waals surface area contributed by atoms with Crippen molar-refractivity contribution in [3.63, 3.8) is 0 Å². The third kappa shape index (κ3) is 3.08. The Morgan fingerprint density at radius 1 is 1.00 bits per heavy atom. The maximum absolute atomic E-state index is 11.2. The van der Waals surface area contributed by atoms with Crippen LogP contribution in [-0.4, -0.2) is 42.2 Å². The highest BCUT2D eigenvalue weighted by Gasteiger charge is 2.18. The highest BCUT2D eigenvalue weighted by Crippen LogP contribution is 2.20. The van der Waals surface area contributed by atoms with Crippen molar-refractivity contribution < 1.29 is 4.79 Å². The number of nitrogens with zero attached hydrogens (tertiary/aromatic N) is 4. The maximum atomic E-state index is 11.2. The average Bonchev–Trinajstić information content (AvgIpc) is 2.55. The molecule has 1 aromatic heterocycles. The third-order valence-electron chi connectivity index (χ3n) is 3.98. The monoisotopic (exact) mass is 296 g/mol. The van der Waals surface area contributed by atoms with Crippen LogP contribution in [0.5, 0.6) is 0 Å². The van der Waals surface area contributed by atoms with Crippen LogP contribution in [-0.2, 0) is 0 Å². The first-order valence-electron chi connectivity index (χ1n) is 7.55. The van der Waals surface area contributed by atoms with E-state index >= 15 is 0 Å². The first-order chi connectivity index (χ1) is 10.6. The minimum atomic E-state index is -0.0525. The number of anilines is 2. The van der Waals surface area contributed by atoms with E-state index in [-0.39, 0.29) is 5.78 Å². The lowest BCUT2D eigenvalue weighted by atomic mass is 10.2. The number of hydrogen-bond acceptors (Lipinski definition) is 5. The molecule has 22 heavy (non-hydrogen) atoms. The molecular weight excluding hydrogens is 276 g/mol. The molecule has 114 valence electrons. The third-order valence-corrected chi connectivity index (χ3v) is 3.98. The van der Waals surface area contributed by atoms with E-state index in [1.165, 1.54) is 18.2 Å². The van der Waals surface area contributed by atoms with Crippen molar-refractivity contribution in [3.05, 3.63) is 47.7 Å². The molecule has 0 unspecified atom stereocenters. The molecule has 1 aromatic carbocycles. The van der Waals surface area contributed by atoms with E-state index in [9.17, 15) is 4.79 Å². The molecule has 0 aliphatic carbocycles. The molecular formula is C17H20N4O. The molecule has 0 N–H and O–H groups in total. The fourth-order valence-corrected chi connectivity index (χ4v) is 2.70. The Bertz CT molecular complexity index is 661. The zero-order valence-electron chi connectivity index (χ0n) is 13.0. The summed E-state index contributed by atoms with van der Waals surface area (Å²) < 4.78 is 0. The SMILES string of the molecule is CC(=O)c1ccc(N2CCN(c3cccc(C)c3)CC2)nn1. The minimum Gasteiger partial charge on any atom is -0.368 e. The van der Waals surface area contributed by atoms with Crippen LogP contribution in [0.15, 0.2) is 36.4 Å².